The van der Waals surface area contributed by atoms with Crippen molar-refractivity contribution >= 4 is 6.29 Å². The number of rotatable bonds is 4. The first-order chi connectivity index (χ1) is 7.81. The molecule has 1 aliphatic heterocycles. The Morgan fingerprint density at radius 1 is 1.44 bits per heavy atom. The molecule has 1 aromatic rings. The highest BCUT2D eigenvalue weighted by Gasteiger charge is 2.26. The lowest BCUT2D eigenvalue weighted by molar-refractivity contribution is -0.108. The standard InChI is InChI=1S/C14H19NO/c1-12(14-5-3-2-4-6-14)15-9-7-13(11-15)8-10-16/h2-6,10,12-13H,7-9,11H2,1H3/t12-,13+/m1/s1. The van der Waals surface area contributed by atoms with Gasteiger partial charge in [0.2, 0.25) is 0 Å². The topological polar surface area (TPSA) is 20.3 Å². The first kappa shape index (κ1) is 11.3. The third-order valence-corrected chi connectivity index (χ3v) is 3.58. The SMILES string of the molecule is C[C@H](c1ccccc1)N1CC[C@@H](CC=O)C1. The zero-order valence-electron chi connectivity index (χ0n) is 9.80. The van der Waals surface area contributed by atoms with Crippen LogP contribution in [0.4, 0.5) is 0 Å². The predicted octanol–water partition coefficient (Wildman–Crippen LogP) is 2.66. The average molecular weight is 217 g/mol. The lowest BCUT2D eigenvalue weighted by atomic mass is 10.1. The number of benzene rings is 1. The highest BCUT2D eigenvalue weighted by molar-refractivity contribution is 5.49. The van der Waals surface area contributed by atoms with E-state index < -0.39 is 0 Å². The summed E-state index contributed by atoms with van der Waals surface area (Å²) in [6.45, 7) is 4.43. The molecule has 2 nitrogen and oxygen atoms in total. The maximum absolute atomic E-state index is 10.5. The summed E-state index contributed by atoms with van der Waals surface area (Å²) in [7, 11) is 0. The first-order valence-electron chi connectivity index (χ1n) is 6.04. The molecular formula is C14H19NO. The van der Waals surface area contributed by atoms with Crippen LogP contribution in [0.3, 0.4) is 0 Å². The lowest BCUT2D eigenvalue weighted by Crippen LogP contribution is -2.24. The molecular weight excluding hydrogens is 198 g/mol. The molecule has 1 aromatic carbocycles. The largest absolute Gasteiger partial charge is 0.303 e. The fourth-order valence-electron chi connectivity index (χ4n) is 2.49. The van der Waals surface area contributed by atoms with E-state index in [-0.39, 0.29) is 0 Å². The Morgan fingerprint density at radius 3 is 2.88 bits per heavy atom. The van der Waals surface area contributed by atoms with E-state index >= 15 is 0 Å². The third-order valence-electron chi connectivity index (χ3n) is 3.58. The van der Waals surface area contributed by atoms with E-state index in [0.717, 1.165) is 32.2 Å². The number of carbonyl (C=O) groups excluding carboxylic acids is 1. The lowest BCUT2D eigenvalue weighted by Gasteiger charge is -2.24. The van der Waals surface area contributed by atoms with Crippen LogP contribution in [0.15, 0.2) is 30.3 Å². The van der Waals surface area contributed by atoms with E-state index in [1.165, 1.54) is 5.56 Å². The fourth-order valence-corrected chi connectivity index (χ4v) is 2.49. The number of nitrogens with zero attached hydrogens (tertiary/aromatic N) is 1. The number of carbonyl (C=O) groups is 1. The Bertz CT molecular complexity index is 336. The number of hydrogen-bond acceptors (Lipinski definition) is 2. The van der Waals surface area contributed by atoms with Gasteiger partial charge in [-0.25, -0.2) is 0 Å². The maximum atomic E-state index is 10.5. The van der Waals surface area contributed by atoms with Crippen LogP contribution in [-0.2, 0) is 4.79 Å². The summed E-state index contributed by atoms with van der Waals surface area (Å²) >= 11 is 0. The van der Waals surface area contributed by atoms with E-state index in [0.29, 0.717) is 12.0 Å². The Labute approximate surface area is 97.3 Å². The summed E-state index contributed by atoms with van der Waals surface area (Å²) in [6.07, 6.45) is 2.94. The molecule has 0 aliphatic carbocycles. The van der Waals surface area contributed by atoms with Gasteiger partial charge in [0.15, 0.2) is 0 Å². The van der Waals surface area contributed by atoms with Crippen molar-refractivity contribution in [1.82, 2.24) is 4.90 Å². The average Bonchev–Trinajstić information content (AvgIpc) is 2.78. The number of likely N-dealkylation sites (tertiary alicyclic amines) is 1. The molecule has 0 aromatic heterocycles. The fraction of sp³-hybridized carbons (Fsp3) is 0.500. The van der Waals surface area contributed by atoms with Crippen LogP contribution in [-0.4, -0.2) is 24.3 Å². The van der Waals surface area contributed by atoms with Gasteiger partial charge >= 0.3 is 0 Å². The van der Waals surface area contributed by atoms with Gasteiger partial charge in [0, 0.05) is 19.0 Å². The monoisotopic (exact) mass is 217 g/mol. The van der Waals surface area contributed by atoms with Crippen molar-refractivity contribution in [3.63, 3.8) is 0 Å². The Hall–Kier alpha value is -1.15. The second kappa shape index (κ2) is 5.26. The molecule has 0 amide bonds. The Kier molecular flexibility index (Phi) is 3.73. The van der Waals surface area contributed by atoms with E-state index in [4.69, 9.17) is 0 Å². The van der Waals surface area contributed by atoms with Gasteiger partial charge in [-0.15, -0.1) is 0 Å². The van der Waals surface area contributed by atoms with E-state index in [1.54, 1.807) is 0 Å². The van der Waals surface area contributed by atoms with Gasteiger partial charge in [-0.05, 0) is 31.4 Å². The van der Waals surface area contributed by atoms with Gasteiger partial charge in [0.05, 0.1) is 0 Å². The van der Waals surface area contributed by atoms with Crippen LogP contribution in [0.5, 0.6) is 0 Å². The molecule has 2 rings (SSSR count). The minimum absolute atomic E-state index is 0.470. The second-order valence-corrected chi connectivity index (χ2v) is 4.64. The smallest absolute Gasteiger partial charge is 0.120 e. The summed E-state index contributed by atoms with van der Waals surface area (Å²) in [6, 6.07) is 11.1. The molecule has 1 saturated heterocycles. The predicted molar refractivity (Wildman–Crippen MR) is 65.2 cm³/mol. The van der Waals surface area contributed by atoms with E-state index in [2.05, 4.69) is 42.2 Å². The number of hydrogen-bond donors (Lipinski definition) is 0. The van der Waals surface area contributed by atoms with Crippen molar-refractivity contribution in [3.8, 4) is 0 Å². The molecule has 0 bridgehead atoms. The molecule has 2 heteroatoms. The normalized spacial score (nSPS) is 23.2. The van der Waals surface area contributed by atoms with Crippen molar-refractivity contribution in [1.29, 1.82) is 0 Å². The molecule has 0 unspecified atom stereocenters. The van der Waals surface area contributed by atoms with Crippen LogP contribution in [0.1, 0.15) is 31.4 Å². The van der Waals surface area contributed by atoms with Crippen LogP contribution in [0, 0.1) is 5.92 Å². The number of aldehydes is 1. The van der Waals surface area contributed by atoms with Crippen molar-refractivity contribution in [2.24, 2.45) is 5.92 Å². The van der Waals surface area contributed by atoms with Crippen LogP contribution < -0.4 is 0 Å². The van der Waals surface area contributed by atoms with Gasteiger partial charge in [-0.3, -0.25) is 4.90 Å². The Morgan fingerprint density at radius 2 is 2.19 bits per heavy atom. The highest BCUT2D eigenvalue weighted by Crippen LogP contribution is 2.28. The summed E-state index contributed by atoms with van der Waals surface area (Å²) in [5.74, 6) is 0.573. The van der Waals surface area contributed by atoms with E-state index in [9.17, 15) is 4.79 Å². The maximum Gasteiger partial charge on any atom is 0.120 e. The van der Waals surface area contributed by atoms with E-state index in [1.807, 2.05) is 0 Å². The molecule has 0 saturated carbocycles. The zero-order chi connectivity index (χ0) is 11.4. The summed E-state index contributed by atoms with van der Waals surface area (Å²) < 4.78 is 0. The molecule has 2 atom stereocenters. The molecule has 1 heterocycles. The molecule has 0 N–H and O–H groups in total. The van der Waals surface area contributed by atoms with Gasteiger partial charge < -0.3 is 4.79 Å². The van der Waals surface area contributed by atoms with Crippen molar-refractivity contribution in [2.45, 2.75) is 25.8 Å². The highest BCUT2D eigenvalue weighted by atomic mass is 16.1. The molecule has 1 aliphatic rings. The minimum Gasteiger partial charge on any atom is -0.303 e. The van der Waals surface area contributed by atoms with Crippen molar-refractivity contribution in [2.75, 3.05) is 13.1 Å². The zero-order valence-corrected chi connectivity index (χ0v) is 9.80. The first-order valence-corrected chi connectivity index (χ1v) is 6.04. The third kappa shape index (κ3) is 2.50. The quantitative estimate of drug-likeness (QED) is 0.723. The molecule has 0 spiro atoms. The molecule has 86 valence electrons. The van der Waals surface area contributed by atoms with Crippen molar-refractivity contribution in [3.05, 3.63) is 35.9 Å². The summed E-state index contributed by atoms with van der Waals surface area (Å²) in [5, 5.41) is 0. The van der Waals surface area contributed by atoms with Gasteiger partial charge in [-0.2, -0.15) is 0 Å². The summed E-state index contributed by atoms with van der Waals surface area (Å²) in [4.78, 5) is 13.0. The van der Waals surface area contributed by atoms with Gasteiger partial charge in [0.1, 0.15) is 6.29 Å². The van der Waals surface area contributed by atoms with Crippen LogP contribution >= 0.6 is 0 Å². The van der Waals surface area contributed by atoms with Crippen molar-refractivity contribution < 1.29 is 4.79 Å². The minimum atomic E-state index is 0.470. The van der Waals surface area contributed by atoms with Crippen LogP contribution in [0.25, 0.3) is 0 Å². The van der Waals surface area contributed by atoms with Gasteiger partial charge in [0.25, 0.3) is 0 Å². The van der Waals surface area contributed by atoms with Crippen LogP contribution in [0.2, 0.25) is 0 Å². The molecule has 16 heavy (non-hydrogen) atoms. The molecule has 1 fully saturated rings. The molecule has 0 radical (unpaired) electrons. The summed E-state index contributed by atoms with van der Waals surface area (Å²) in [5.41, 5.74) is 1.37. The Balaban J connectivity index is 1.97. The second-order valence-electron chi connectivity index (χ2n) is 4.64. The van der Waals surface area contributed by atoms with Gasteiger partial charge in [-0.1, -0.05) is 30.3 Å².